The van der Waals surface area contributed by atoms with Crippen molar-refractivity contribution in [2.24, 2.45) is 0 Å². The van der Waals surface area contributed by atoms with Crippen molar-refractivity contribution in [2.45, 2.75) is 45.1 Å². The molecule has 1 aromatic rings. The molecule has 0 aliphatic carbocycles. The van der Waals surface area contributed by atoms with Gasteiger partial charge in [-0.2, -0.15) is 8.78 Å². The molecule has 2 atom stereocenters. The Bertz CT molecular complexity index is 393. The number of hydrogen-bond acceptors (Lipinski definition) is 3. The molecule has 1 aromatic carbocycles. The van der Waals surface area contributed by atoms with E-state index in [1.165, 1.54) is 12.1 Å². The molecule has 19 heavy (non-hydrogen) atoms. The minimum Gasteiger partial charge on any atom is -0.598 e. The molecule has 1 rings (SSSR count). The van der Waals surface area contributed by atoms with Crippen molar-refractivity contribution in [1.29, 1.82) is 0 Å². The third kappa shape index (κ3) is 5.34. The molecule has 0 aliphatic rings. The third-order valence-electron chi connectivity index (χ3n) is 2.45. The first-order valence-electron chi connectivity index (χ1n) is 5.93. The number of alkyl halides is 2. The van der Waals surface area contributed by atoms with Crippen LogP contribution in [0.2, 0.25) is 0 Å². The Labute approximate surface area is 115 Å². The summed E-state index contributed by atoms with van der Waals surface area (Å²) >= 11 is -1.18. The van der Waals surface area contributed by atoms with Crippen LogP contribution in [0.1, 0.15) is 39.3 Å². The molecule has 0 saturated carbocycles. The minimum atomic E-state index is -2.82. The summed E-state index contributed by atoms with van der Waals surface area (Å²) in [5.41, 5.74) is 0.860. The zero-order chi connectivity index (χ0) is 14.6. The highest BCUT2D eigenvalue weighted by Crippen LogP contribution is 2.22. The molecule has 108 valence electrons. The Balaban J connectivity index is 2.65. The smallest absolute Gasteiger partial charge is 0.387 e. The standard InChI is InChI=1S/C13H19F2NO2S/c1-9(16-19(17)13(2,3)4)10-5-7-11(8-6-10)18-12(14)15/h5-9,12,16H,1-4H3/t9?,19-/m0/s1. The van der Waals surface area contributed by atoms with E-state index in [1.54, 1.807) is 12.1 Å². The number of rotatable bonds is 5. The van der Waals surface area contributed by atoms with E-state index < -0.39 is 18.0 Å². The van der Waals surface area contributed by atoms with Crippen LogP contribution in [0, 0.1) is 0 Å². The highest BCUT2D eigenvalue weighted by atomic mass is 32.2. The summed E-state index contributed by atoms with van der Waals surface area (Å²) in [5.74, 6) is 0.114. The van der Waals surface area contributed by atoms with Crippen molar-refractivity contribution < 1.29 is 18.1 Å². The van der Waals surface area contributed by atoms with Crippen LogP contribution in [-0.4, -0.2) is 15.9 Å². The third-order valence-corrected chi connectivity index (χ3v) is 4.13. The van der Waals surface area contributed by atoms with E-state index in [1.807, 2.05) is 27.7 Å². The van der Waals surface area contributed by atoms with Gasteiger partial charge in [-0.15, -0.1) is 4.72 Å². The second kappa shape index (κ2) is 6.54. The molecule has 0 aromatic heterocycles. The average Bonchev–Trinajstić information content (AvgIpc) is 2.27. The minimum absolute atomic E-state index is 0.114. The number of nitrogens with one attached hydrogen (secondary N) is 1. The summed E-state index contributed by atoms with van der Waals surface area (Å²) in [6.45, 7) is 4.68. The van der Waals surface area contributed by atoms with Crippen LogP contribution >= 0.6 is 0 Å². The van der Waals surface area contributed by atoms with Gasteiger partial charge in [0.1, 0.15) is 10.5 Å². The van der Waals surface area contributed by atoms with Crippen molar-refractivity contribution in [3.8, 4) is 5.75 Å². The summed E-state index contributed by atoms with van der Waals surface area (Å²) in [6, 6.07) is 6.16. The van der Waals surface area contributed by atoms with Gasteiger partial charge >= 0.3 is 6.61 Å². The van der Waals surface area contributed by atoms with Gasteiger partial charge in [0, 0.05) is 11.4 Å². The molecule has 0 fully saturated rings. The highest BCUT2D eigenvalue weighted by Gasteiger charge is 2.28. The molecule has 0 saturated heterocycles. The zero-order valence-electron chi connectivity index (χ0n) is 11.4. The Kier molecular flexibility index (Phi) is 5.58. The van der Waals surface area contributed by atoms with Gasteiger partial charge in [0.05, 0.1) is 6.04 Å². The Hall–Kier alpha value is -0.850. The maximum Gasteiger partial charge on any atom is 0.387 e. The van der Waals surface area contributed by atoms with Gasteiger partial charge in [0.2, 0.25) is 0 Å². The summed E-state index contributed by atoms with van der Waals surface area (Å²) in [5, 5.41) is 0. The molecule has 0 radical (unpaired) electrons. The lowest BCUT2D eigenvalue weighted by Gasteiger charge is -2.26. The second-order valence-electron chi connectivity index (χ2n) is 5.17. The lowest BCUT2D eigenvalue weighted by molar-refractivity contribution is -0.0498. The molecule has 1 unspecified atom stereocenters. The highest BCUT2D eigenvalue weighted by molar-refractivity contribution is 7.90. The van der Waals surface area contributed by atoms with Crippen LogP contribution in [0.25, 0.3) is 0 Å². The van der Waals surface area contributed by atoms with Crippen molar-refractivity contribution in [3.63, 3.8) is 0 Å². The zero-order valence-corrected chi connectivity index (χ0v) is 12.3. The van der Waals surface area contributed by atoms with E-state index in [0.29, 0.717) is 0 Å². The van der Waals surface area contributed by atoms with Gasteiger partial charge < -0.3 is 9.29 Å². The molecule has 1 N–H and O–H groups in total. The first-order valence-corrected chi connectivity index (χ1v) is 7.08. The first-order chi connectivity index (χ1) is 8.70. The SMILES string of the molecule is CC(N[S@@+]([O-])C(C)(C)C)c1ccc(OC(F)F)cc1. The lowest BCUT2D eigenvalue weighted by Crippen LogP contribution is -2.40. The predicted octanol–water partition coefficient (Wildman–Crippen LogP) is 3.40. The summed E-state index contributed by atoms with van der Waals surface area (Å²) in [4.78, 5) is 0. The van der Waals surface area contributed by atoms with Gasteiger partial charge in [-0.05, 0) is 45.4 Å². The van der Waals surface area contributed by atoms with E-state index in [2.05, 4.69) is 9.46 Å². The molecule has 0 bridgehead atoms. The fraction of sp³-hybridized carbons (Fsp3) is 0.538. The van der Waals surface area contributed by atoms with E-state index in [4.69, 9.17) is 0 Å². The van der Waals surface area contributed by atoms with E-state index in [0.717, 1.165) is 5.56 Å². The van der Waals surface area contributed by atoms with Crippen LogP contribution in [0.4, 0.5) is 8.78 Å². The maximum atomic E-state index is 12.0. The monoisotopic (exact) mass is 291 g/mol. The lowest BCUT2D eigenvalue weighted by atomic mass is 10.1. The quantitative estimate of drug-likeness (QED) is 0.846. The van der Waals surface area contributed by atoms with Crippen LogP contribution < -0.4 is 9.46 Å². The van der Waals surface area contributed by atoms with Crippen LogP contribution in [0.15, 0.2) is 24.3 Å². The summed E-state index contributed by atoms with van der Waals surface area (Å²) in [7, 11) is 0. The molecule has 3 nitrogen and oxygen atoms in total. The molecule has 6 heteroatoms. The fourth-order valence-electron chi connectivity index (χ4n) is 1.34. The van der Waals surface area contributed by atoms with E-state index in [-0.39, 0.29) is 16.5 Å². The summed E-state index contributed by atoms with van der Waals surface area (Å²) in [6.07, 6.45) is 0. The fourth-order valence-corrected chi connectivity index (χ4v) is 2.15. The predicted molar refractivity (Wildman–Crippen MR) is 72.5 cm³/mol. The molecule has 0 amide bonds. The van der Waals surface area contributed by atoms with Gasteiger partial charge in [-0.25, -0.2) is 0 Å². The van der Waals surface area contributed by atoms with E-state index in [9.17, 15) is 13.3 Å². The average molecular weight is 291 g/mol. The van der Waals surface area contributed by atoms with Crippen LogP contribution in [0.5, 0.6) is 5.75 Å². The Morgan fingerprint density at radius 2 is 1.74 bits per heavy atom. The van der Waals surface area contributed by atoms with Crippen molar-refractivity contribution >= 4 is 11.4 Å². The number of hydrogen-bond donors (Lipinski definition) is 1. The van der Waals surface area contributed by atoms with Gasteiger partial charge in [-0.1, -0.05) is 12.1 Å². The summed E-state index contributed by atoms with van der Waals surface area (Å²) < 4.78 is 42.8. The number of halogens is 2. The van der Waals surface area contributed by atoms with Gasteiger partial charge in [0.15, 0.2) is 0 Å². The molecular weight excluding hydrogens is 272 g/mol. The van der Waals surface area contributed by atoms with Crippen molar-refractivity contribution in [1.82, 2.24) is 4.72 Å². The largest absolute Gasteiger partial charge is 0.598 e. The van der Waals surface area contributed by atoms with Crippen molar-refractivity contribution in [2.75, 3.05) is 0 Å². The maximum absolute atomic E-state index is 12.0. The number of ether oxygens (including phenoxy) is 1. The van der Waals surface area contributed by atoms with Crippen molar-refractivity contribution in [3.05, 3.63) is 29.8 Å². The molecule has 0 aliphatic heterocycles. The Morgan fingerprint density at radius 3 is 2.16 bits per heavy atom. The topological polar surface area (TPSA) is 44.3 Å². The Morgan fingerprint density at radius 1 is 1.21 bits per heavy atom. The molecule has 0 heterocycles. The van der Waals surface area contributed by atoms with E-state index >= 15 is 0 Å². The normalized spacial score (nSPS) is 15.4. The second-order valence-corrected chi connectivity index (χ2v) is 7.17. The molecular formula is C13H19F2NO2S. The van der Waals surface area contributed by atoms with Crippen LogP contribution in [-0.2, 0) is 11.4 Å². The van der Waals surface area contributed by atoms with Gasteiger partial charge in [-0.3, -0.25) is 0 Å². The first kappa shape index (κ1) is 16.2. The number of benzene rings is 1. The van der Waals surface area contributed by atoms with Gasteiger partial charge in [0.25, 0.3) is 0 Å². The molecule has 0 spiro atoms. The van der Waals surface area contributed by atoms with Crippen LogP contribution in [0.3, 0.4) is 0 Å².